The molecular weight excluding hydrogens is 230 g/mol. The maximum atomic E-state index is 10.4. The van der Waals surface area contributed by atoms with Crippen molar-refractivity contribution < 1.29 is 9.90 Å². The Bertz CT molecular complexity index is 531. The van der Waals surface area contributed by atoms with Gasteiger partial charge in [-0.3, -0.25) is 4.79 Å². The molecule has 0 fully saturated rings. The van der Waals surface area contributed by atoms with E-state index in [9.17, 15) is 4.79 Å². The van der Waals surface area contributed by atoms with Crippen molar-refractivity contribution in [2.24, 2.45) is 0 Å². The fourth-order valence-electron chi connectivity index (χ4n) is 1.65. The highest BCUT2D eigenvalue weighted by Crippen LogP contribution is 2.06. The van der Waals surface area contributed by atoms with Gasteiger partial charge in [0.25, 0.3) is 0 Å². The van der Waals surface area contributed by atoms with Crippen LogP contribution in [0.5, 0.6) is 0 Å². The van der Waals surface area contributed by atoms with Gasteiger partial charge in [-0.15, -0.1) is 5.10 Å². The van der Waals surface area contributed by atoms with E-state index in [1.165, 1.54) is 5.56 Å². The van der Waals surface area contributed by atoms with E-state index in [1.807, 2.05) is 19.1 Å². The van der Waals surface area contributed by atoms with Gasteiger partial charge in [-0.05, 0) is 12.5 Å². The van der Waals surface area contributed by atoms with Crippen molar-refractivity contribution in [2.75, 3.05) is 0 Å². The Morgan fingerprint density at radius 1 is 1.33 bits per heavy atom. The molecule has 1 aromatic heterocycles. The number of aliphatic carboxylic acids is 1. The number of aryl methyl sites for hydroxylation is 2. The van der Waals surface area contributed by atoms with Crippen molar-refractivity contribution in [3.05, 3.63) is 47.3 Å². The van der Waals surface area contributed by atoms with E-state index in [0.717, 1.165) is 5.56 Å². The van der Waals surface area contributed by atoms with Crippen molar-refractivity contribution in [1.82, 2.24) is 15.0 Å². The highest BCUT2D eigenvalue weighted by Gasteiger charge is 2.04. The third-order valence-electron chi connectivity index (χ3n) is 2.65. The summed E-state index contributed by atoms with van der Waals surface area (Å²) in [7, 11) is 0. The number of rotatable bonds is 5. The van der Waals surface area contributed by atoms with E-state index < -0.39 is 5.97 Å². The zero-order valence-electron chi connectivity index (χ0n) is 10.2. The minimum absolute atomic E-state index is 0.0865. The van der Waals surface area contributed by atoms with Crippen LogP contribution in [0.25, 0.3) is 0 Å². The normalized spacial score (nSPS) is 10.5. The lowest BCUT2D eigenvalue weighted by atomic mass is 10.1. The molecule has 0 saturated heterocycles. The number of hydrogen-bond donors (Lipinski definition) is 1. The zero-order valence-corrected chi connectivity index (χ0v) is 10.2. The molecule has 0 radical (unpaired) electrons. The maximum Gasteiger partial charge on any atom is 0.303 e. The predicted molar refractivity (Wildman–Crippen MR) is 66.3 cm³/mol. The molecule has 2 rings (SSSR count). The number of carboxylic acids is 1. The first-order valence-corrected chi connectivity index (χ1v) is 5.80. The van der Waals surface area contributed by atoms with Gasteiger partial charge in [-0.25, -0.2) is 4.68 Å². The number of carbonyl (C=O) groups is 1. The first-order valence-electron chi connectivity index (χ1n) is 5.80. The molecule has 0 saturated carbocycles. The summed E-state index contributed by atoms with van der Waals surface area (Å²) in [5, 5.41) is 16.5. The van der Waals surface area contributed by atoms with E-state index in [1.54, 1.807) is 10.9 Å². The number of carboxylic acid groups (broad SMARTS) is 1. The number of aromatic nitrogens is 3. The minimum atomic E-state index is -0.817. The molecule has 94 valence electrons. The molecule has 0 aliphatic carbocycles. The maximum absolute atomic E-state index is 10.4. The van der Waals surface area contributed by atoms with Gasteiger partial charge in [0.15, 0.2) is 0 Å². The lowest BCUT2D eigenvalue weighted by Crippen LogP contribution is -2.00. The lowest BCUT2D eigenvalue weighted by molar-refractivity contribution is -0.136. The third kappa shape index (κ3) is 3.41. The molecule has 0 amide bonds. The Labute approximate surface area is 105 Å². The van der Waals surface area contributed by atoms with Gasteiger partial charge in [-0.1, -0.05) is 35.0 Å². The molecule has 1 heterocycles. The van der Waals surface area contributed by atoms with E-state index in [2.05, 4.69) is 22.4 Å². The van der Waals surface area contributed by atoms with Gasteiger partial charge >= 0.3 is 5.97 Å². The van der Waals surface area contributed by atoms with E-state index in [0.29, 0.717) is 18.7 Å². The summed E-state index contributed by atoms with van der Waals surface area (Å²) >= 11 is 0. The van der Waals surface area contributed by atoms with Crippen molar-refractivity contribution in [2.45, 2.75) is 26.3 Å². The molecule has 5 nitrogen and oxygen atoms in total. The monoisotopic (exact) mass is 245 g/mol. The standard InChI is InChI=1S/C13H15N3O2/c1-10-2-4-11(5-3-10)8-16-9-12(14-15-16)6-7-13(17)18/h2-5,9H,6-8H2,1H3,(H,17,18). The van der Waals surface area contributed by atoms with Crippen LogP contribution in [-0.2, 0) is 17.8 Å². The van der Waals surface area contributed by atoms with Crippen molar-refractivity contribution in [1.29, 1.82) is 0 Å². The molecular formula is C13H15N3O2. The average Bonchev–Trinajstić information content (AvgIpc) is 2.77. The first kappa shape index (κ1) is 12.3. The zero-order chi connectivity index (χ0) is 13.0. The van der Waals surface area contributed by atoms with Crippen LogP contribution in [-0.4, -0.2) is 26.1 Å². The van der Waals surface area contributed by atoms with Crippen LogP contribution in [0.4, 0.5) is 0 Å². The Morgan fingerprint density at radius 2 is 2.06 bits per heavy atom. The second-order valence-electron chi connectivity index (χ2n) is 4.29. The van der Waals surface area contributed by atoms with Gasteiger partial charge < -0.3 is 5.11 Å². The second-order valence-corrected chi connectivity index (χ2v) is 4.29. The van der Waals surface area contributed by atoms with E-state index in [4.69, 9.17) is 5.11 Å². The van der Waals surface area contributed by atoms with Crippen molar-refractivity contribution in [3.8, 4) is 0 Å². The predicted octanol–water partition coefficient (Wildman–Crippen LogP) is 1.65. The summed E-state index contributed by atoms with van der Waals surface area (Å²) in [6.45, 7) is 2.70. The summed E-state index contributed by atoms with van der Waals surface area (Å²) in [6, 6.07) is 8.21. The molecule has 0 bridgehead atoms. The second kappa shape index (κ2) is 5.44. The van der Waals surface area contributed by atoms with Gasteiger partial charge in [0.2, 0.25) is 0 Å². The van der Waals surface area contributed by atoms with Crippen LogP contribution in [0.2, 0.25) is 0 Å². The molecule has 0 aliphatic rings. The number of benzene rings is 1. The van der Waals surface area contributed by atoms with Crippen LogP contribution in [0.15, 0.2) is 30.5 Å². The molecule has 0 spiro atoms. The highest BCUT2D eigenvalue weighted by atomic mass is 16.4. The van der Waals surface area contributed by atoms with Crippen LogP contribution in [0.3, 0.4) is 0 Å². The first-order chi connectivity index (χ1) is 8.63. The number of nitrogens with zero attached hydrogens (tertiary/aromatic N) is 3. The van der Waals surface area contributed by atoms with Crippen molar-refractivity contribution in [3.63, 3.8) is 0 Å². The molecule has 0 atom stereocenters. The fraction of sp³-hybridized carbons (Fsp3) is 0.308. The summed E-state index contributed by atoms with van der Waals surface area (Å²) in [5.74, 6) is -0.817. The van der Waals surface area contributed by atoms with Gasteiger partial charge in [0, 0.05) is 12.6 Å². The Morgan fingerprint density at radius 3 is 2.72 bits per heavy atom. The molecule has 0 unspecified atom stereocenters. The summed E-state index contributed by atoms with van der Waals surface area (Å²) in [6.07, 6.45) is 2.30. The van der Waals surface area contributed by atoms with Crippen LogP contribution in [0.1, 0.15) is 23.2 Å². The van der Waals surface area contributed by atoms with Gasteiger partial charge in [0.1, 0.15) is 0 Å². The third-order valence-corrected chi connectivity index (χ3v) is 2.65. The van der Waals surface area contributed by atoms with Crippen LogP contribution < -0.4 is 0 Å². The Kier molecular flexibility index (Phi) is 3.72. The smallest absolute Gasteiger partial charge is 0.303 e. The fourth-order valence-corrected chi connectivity index (χ4v) is 1.65. The molecule has 1 N–H and O–H groups in total. The van der Waals surface area contributed by atoms with E-state index in [-0.39, 0.29) is 6.42 Å². The van der Waals surface area contributed by atoms with Crippen LogP contribution in [0, 0.1) is 6.92 Å². The van der Waals surface area contributed by atoms with Crippen LogP contribution >= 0.6 is 0 Å². The molecule has 2 aromatic rings. The van der Waals surface area contributed by atoms with Crippen molar-refractivity contribution >= 4 is 5.97 Å². The molecule has 18 heavy (non-hydrogen) atoms. The van der Waals surface area contributed by atoms with Gasteiger partial charge in [-0.2, -0.15) is 0 Å². The Hall–Kier alpha value is -2.17. The largest absolute Gasteiger partial charge is 0.481 e. The minimum Gasteiger partial charge on any atom is -0.481 e. The Balaban J connectivity index is 1.97. The lowest BCUT2D eigenvalue weighted by Gasteiger charge is -2.00. The van der Waals surface area contributed by atoms with E-state index >= 15 is 0 Å². The number of hydrogen-bond acceptors (Lipinski definition) is 3. The molecule has 1 aromatic carbocycles. The SMILES string of the molecule is Cc1ccc(Cn2cc(CCC(=O)O)nn2)cc1. The summed E-state index contributed by atoms with van der Waals surface area (Å²) < 4.78 is 1.72. The molecule has 0 aliphatic heterocycles. The highest BCUT2D eigenvalue weighted by molar-refractivity contribution is 5.66. The topological polar surface area (TPSA) is 68.0 Å². The summed E-state index contributed by atoms with van der Waals surface area (Å²) in [4.78, 5) is 10.4. The summed E-state index contributed by atoms with van der Waals surface area (Å²) in [5.41, 5.74) is 3.08. The quantitative estimate of drug-likeness (QED) is 0.869. The molecule has 5 heteroatoms. The average molecular weight is 245 g/mol. The van der Waals surface area contributed by atoms with Gasteiger partial charge in [0.05, 0.1) is 18.7 Å².